The van der Waals surface area contributed by atoms with Crippen LogP contribution in [0.15, 0.2) is 30.3 Å². The van der Waals surface area contributed by atoms with Crippen molar-refractivity contribution in [3.05, 3.63) is 47.0 Å². The fourth-order valence-electron chi connectivity index (χ4n) is 1.92. The van der Waals surface area contributed by atoms with E-state index in [1.807, 2.05) is 13.8 Å². The maximum atomic E-state index is 12.1. The van der Waals surface area contributed by atoms with Crippen LogP contribution in [-0.2, 0) is 0 Å². The average molecular weight is 272 g/mol. The topological polar surface area (TPSA) is 95.6 Å². The van der Waals surface area contributed by atoms with E-state index >= 15 is 0 Å². The summed E-state index contributed by atoms with van der Waals surface area (Å²) >= 11 is 0. The molecule has 1 amide bonds. The van der Waals surface area contributed by atoms with Crippen LogP contribution in [0.1, 0.15) is 21.5 Å². The lowest BCUT2D eigenvalue weighted by Crippen LogP contribution is -2.13. The molecular formula is C15H16N2O3. The van der Waals surface area contributed by atoms with Crippen LogP contribution < -0.4 is 11.1 Å². The molecule has 0 aliphatic carbocycles. The number of carbonyl (C=O) groups is 1. The summed E-state index contributed by atoms with van der Waals surface area (Å²) in [4.78, 5) is 12.1. The molecule has 0 unspecified atom stereocenters. The second kappa shape index (κ2) is 5.13. The molecule has 5 heteroatoms. The van der Waals surface area contributed by atoms with Gasteiger partial charge in [-0.05, 0) is 49.2 Å². The van der Waals surface area contributed by atoms with E-state index in [1.165, 1.54) is 18.2 Å². The molecule has 0 aliphatic rings. The van der Waals surface area contributed by atoms with E-state index in [9.17, 15) is 15.0 Å². The van der Waals surface area contributed by atoms with E-state index in [0.29, 0.717) is 11.4 Å². The average Bonchev–Trinajstić information content (AvgIpc) is 2.35. The van der Waals surface area contributed by atoms with Gasteiger partial charge in [0, 0.05) is 11.4 Å². The lowest BCUT2D eigenvalue weighted by atomic mass is 10.1. The summed E-state index contributed by atoms with van der Waals surface area (Å²) in [6, 6.07) is 7.65. The predicted molar refractivity (Wildman–Crippen MR) is 78.1 cm³/mol. The van der Waals surface area contributed by atoms with Crippen LogP contribution in [-0.4, -0.2) is 16.1 Å². The van der Waals surface area contributed by atoms with E-state index in [1.54, 1.807) is 12.1 Å². The lowest BCUT2D eigenvalue weighted by Gasteiger charge is -2.12. The van der Waals surface area contributed by atoms with Crippen molar-refractivity contribution in [3.63, 3.8) is 0 Å². The molecule has 0 spiro atoms. The summed E-state index contributed by atoms with van der Waals surface area (Å²) in [6.45, 7) is 3.65. The number of carbonyl (C=O) groups excluding carboxylic acids is 1. The number of benzene rings is 2. The molecule has 0 atom stereocenters. The maximum absolute atomic E-state index is 12.1. The van der Waals surface area contributed by atoms with Crippen molar-refractivity contribution in [2.45, 2.75) is 13.8 Å². The zero-order valence-electron chi connectivity index (χ0n) is 11.3. The van der Waals surface area contributed by atoms with Gasteiger partial charge in [0.25, 0.3) is 5.91 Å². The fraction of sp³-hybridized carbons (Fsp3) is 0.133. The van der Waals surface area contributed by atoms with Crippen molar-refractivity contribution in [2.24, 2.45) is 0 Å². The highest BCUT2D eigenvalue weighted by Gasteiger charge is 2.17. The Morgan fingerprint density at radius 2 is 1.70 bits per heavy atom. The number of aryl methyl sites for hydroxylation is 2. The van der Waals surface area contributed by atoms with Gasteiger partial charge >= 0.3 is 0 Å². The first-order chi connectivity index (χ1) is 9.40. The SMILES string of the molecule is Cc1cc(NC(=O)c2c(O)cccc2O)c(C)cc1N. The molecular weight excluding hydrogens is 256 g/mol. The van der Waals surface area contributed by atoms with Crippen molar-refractivity contribution < 1.29 is 15.0 Å². The fourth-order valence-corrected chi connectivity index (χ4v) is 1.92. The normalized spacial score (nSPS) is 10.3. The molecule has 2 rings (SSSR count). The van der Waals surface area contributed by atoms with Crippen molar-refractivity contribution in [1.29, 1.82) is 0 Å². The third-order valence-electron chi connectivity index (χ3n) is 3.11. The quantitative estimate of drug-likeness (QED) is 0.632. The van der Waals surface area contributed by atoms with Gasteiger partial charge in [-0.1, -0.05) is 6.07 Å². The van der Waals surface area contributed by atoms with Crippen LogP contribution in [0.2, 0.25) is 0 Å². The van der Waals surface area contributed by atoms with E-state index in [2.05, 4.69) is 5.32 Å². The number of anilines is 2. The Morgan fingerprint density at radius 1 is 1.10 bits per heavy atom. The number of hydrogen-bond acceptors (Lipinski definition) is 4. The molecule has 0 fully saturated rings. The summed E-state index contributed by atoms with van der Waals surface area (Å²) in [7, 11) is 0. The number of amides is 1. The van der Waals surface area contributed by atoms with Gasteiger partial charge in [0.1, 0.15) is 17.1 Å². The van der Waals surface area contributed by atoms with Crippen LogP contribution >= 0.6 is 0 Å². The second-order valence-electron chi connectivity index (χ2n) is 4.65. The van der Waals surface area contributed by atoms with Crippen LogP contribution in [0.4, 0.5) is 11.4 Å². The summed E-state index contributed by atoms with van der Waals surface area (Å²) < 4.78 is 0. The smallest absolute Gasteiger partial charge is 0.263 e. The van der Waals surface area contributed by atoms with Crippen molar-refractivity contribution >= 4 is 17.3 Å². The molecule has 0 saturated heterocycles. The Hall–Kier alpha value is -2.69. The standard InChI is InChI=1S/C15H16N2O3/c1-8-7-11(9(2)6-10(8)16)17-15(20)14-12(18)4-3-5-13(14)19/h3-7,18-19H,16H2,1-2H3,(H,17,20). The summed E-state index contributed by atoms with van der Waals surface area (Å²) in [5, 5.41) is 22.0. The number of nitrogen functional groups attached to an aromatic ring is 1. The Labute approximate surface area is 116 Å². The minimum atomic E-state index is -0.576. The van der Waals surface area contributed by atoms with Gasteiger partial charge in [0.2, 0.25) is 0 Å². The summed E-state index contributed by atoms with van der Waals surface area (Å²) in [6.07, 6.45) is 0. The Bertz CT molecular complexity index is 661. The number of phenolic OH excluding ortho intramolecular Hbond substituents is 2. The summed E-state index contributed by atoms with van der Waals surface area (Å²) in [5.41, 5.74) is 8.51. The zero-order chi connectivity index (χ0) is 14.9. The number of nitrogens with one attached hydrogen (secondary N) is 1. The van der Waals surface area contributed by atoms with Gasteiger partial charge in [-0.15, -0.1) is 0 Å². The third-order valence-corrected chi connectivity index (χ3v) is 3.11. The third kappa shape index (κ3) is 2.51. The van der Waals surface area contributed by atoms with E-state index in [4.69, 9.17) is 5.73 Å². The molecule has 0 aromatic heterocycles. The van der Waals surface area contributed by atoms with Crippen LogP contribution in [0, 0.1) is 13.8 Å². The van der Waals surface area contributed by atoms with Gasteiger partial charge in [0.15, 0.2) is 0 Å². The zero-order valence-corrected chi connectivity index (χ0v) is 11.3. The van der Waals surface area contributed by atoms with Gasteiger partial charge in [0.05, 0.1) is 0 Å². The van der Waals surface area contributed by atoms with E-state index < -0.39 is 5.91 Å². The molecule has 5 nitrogen and oxygen atoms in total. The van der Waals surface area contributed by atoms with Gasteiger partial charge in [-0.25, -0.2) is 0 Å². The number of nitrogens with two attached hydrogens (primary N) is 1. The van der Waals surface area contributed by atoms with Gasteiger partial charge in [-0.3, -0.25) is 4.79 Å². The molecule has 0 heterocycles. The highest BCUT2D eigenvalue weighted by Crippen LogP contribution is 2.28. The molecule has 0 radical (unpaired) electrons. The van der Waals surface area contributed by atoms with Gasteiger partial charge in [-0.2, -0.15) is 0 Å². The van der Waals surface area contributed by atoms with E-state index in [0.717, 1.165) is 11.1 Å². The Morgan fingerprint density at radius 3 is 2.30 bits per heavy atom. The molecule has 20 heavy (non-hydrogen) atoms. The molecule has 2 aromatic carbocycles. The molecule has 104 valence electrons. The maximum Gasteiger partial charge on any atom is 0.263 e. The predicted octanol–water partition coefficient (Wildman–Crippen LogP) is 2.55. The number of rotatable bonds is 2. The van der Waals surface area contributed by atoms with Crippen molar-refractivity contribution in [2.75, 3.05) is 11.1 Å². The van der Waals surface area contributed by atoms with Crippen molar-refractivity contribution in [3.8, 4) is 11.5 Å². The number of aromatic hydroxyl groups is 2. The Balaban J connectivity index is 2.35. The first-order valence-corrected chi connectivity index (χ1v) is 6.09. The van der Waals surface area contributed by atoms with E-state index in [-0.39, 0.29) is 17.1 Å². The number of hydrogen-bond donors (Lipinski definition) is 4. The monoisotopic (exact) mass is 272 g/mol. The highest BCUT2D eigenvalue weighted by atomic mass is 16.3. The largest absolute Gasteiger partial charge is 0.507 e. The highest BCUT2D eigenvalue weighted by molar-refractivity contribution is 6.08. The minimum Gasteiger partial charge on any atom is -0.507 e. The van der Waals surface area contributed by atoms with Crippen molar-refractivity contribution in [1.82, 2.24) is 0 Å². The minimum absolute atomic E-state index is 0.152. The second-order valence-corrected chi connectivity index (χ2v) is 4.65. The molecule has 0 bridgehead atoms. The molecule has 0 aliphatic heterocycles. The Kier molecular flexibility index (Phi) is 3.52. The molecule has 0 saturated carbocycles. The number of phenols is 2. The van der Waals surface area contributed by atoms with Crippen LogP contribution in [0.25, 0.3) is 0 Å². The summed E-state index contributed by atoms with van der Waals surface area (Å²) in [5.74, 6) is -1.12. The van der Waals surface area contributed by atoms with Crippen LogP contribution in [0.3, 0.4) is 0 Å². The first kappa shape index (κ1) is 13.7. The molecule has 5 N–H and O–H groups in total. The van der Waals surface area contributed by atoms with Gasteiger partial charge < -0.3 is 21.3 Å². The lowest BCUT2D eigenvalue weighted by molar-refractivity contribution is 0.102. The first-order valence-electron chi connectivity index (χ1n) is 6.09. The molecule has 2 aromatic rings. The van der Waals surface area contributed by atoms with Crippen LogP contribution in [0.5, 0.6) is 11.5 Å².